The Morgan fingerprint density at radius 3 is 2.68 bits per heavy atom. The molecule has 0 spiro atoms. The number of nitrogens with one attached hydrogen (secondary N) is 1. The van der Waals surface area contributed by atoms with Crippen LogP contribution in [0.5, 0.6) is 11.5 Å². The third-order valence-corrected chi connectivity index (χ3v) is 3.28. The molecule has 1 aliphatic carbocycles. The molecule has 106 valence electrons. The van der Waals surface area contributed by atoms with Crippen LogP contribution < -0.4 is 14.8 Å². The van der Waals surface area contributed by atoms with Gasteiger partial charge < -0.3 is 14.8 Å². The molecule has 0 heterocycles. The smallest absolute Gasteiger partial charge is 0.161 e. The summed E-state index contributed by atoms with van der Waals surface area (Å²) in [4.78, 5) is 0. The molecule has 1 aromatic rings. The number of hydrogen-bond acceptors (Lipinski definition) is 3. The van der Waals surface area contributed by atoms with E-state index in [1.165, 1.54) is 18.4 Å². The number of hydrogen-bond donors (Lipinski definition) is 1. The molecule has 2 rings (SSSR count). The van der Waals surface area contributed by atoms with Gasteiger partial charge >= 0.3 is 0 Å². The molecule has 19 heavy (non-hydrogen) atoms. The van der Waals surface area contributed by atoms with Crippen LogP contribution in [0.15, 0.2) is 18.2 Å². The summed E-state index contributed by atoms with van der Waals surface area (Å²) in [6.45, 7) is 7.14. The van der Waals surface area contributed by atoms with Gasteiger partial charge in [-0.3, -0.25) is 0 Å². The molecule has 0 radical (unpaired) electrons. The zero-order valence-electron chi connectivity index (χ0n) is 12.2. The van der Waals surface area contributed by atoms with E-state index < -0.39 is 0 Å². The Balaban J connectivity index is 1.90. The van der Waals surface area contributed by atoms with Crippen LogP contribution >= 0.6 is 0 Å². The summed E-state index contributed by atoms with van der Waals surface area (Å²) >= 11 is 0. The van der Waals surface area contributed by atoms with Crippen LogP contribution in [0.3, 0.4) is 0 Å². The summed E-state index contributed by atoms with van der Waals surface area (Å²) in [6.07, 6.45) is 2.61. The largest absolute Gasteiger partial charge is 0.493 e. The molecule has 0 aliphatic heterocycles. The van der Waals surface area contributed by atoms with Gasteiger partial charge in [-0.15, -0.1) is 0 Å². The standard InChI is InChI=1S/C16H25NO2/c1-12(2)9-17-10-14-6-7-15(16(8-14)18-3)19-11-13-4-5-13/h6-8,12-13,17H,4-5,9-11H2,1-3H3. The van der Waals surface area contributed by atoms with E-state index in [-0.39, 0.29) is 0 Å². The monoisotopic (exact) mass is 263 g/mol. The molecular formula is C16H25NO2. The first kappa shape index (κ1) is 14.2. The van der Waals surface area contributed by atoms with E-state index in [2.05, 4.69) is 31.3 Å². The number of rotatable bonds is 8. The second kappa shape index (κ2) is 6.80. The first-order valence-electron chi connectivity index (χ1n) is 7.19. The lowest BCUT2D eigenvalue weighted by Gasteiger charge is -2.13. The SMILES string of the molecule is COc1cc(CNCC(C)C)ccc1OCC1CC1. The molecule has 3 heteroatoms. The van der Waals surface area contributed by atoms with Crippen LogP contribution in [0.2, 0.25) is 0 Å². The van der Waals surface area contributed by atoms with Crippen LogP contribution in [0.25, 0.3) is 0 Å². The average Bonchev–Trinajstić information content (AvgIpc) is 3.20. The van der Waals surface area contributed by atoms with Crippen LogP contribution in [0.4, 0.5) is 0 Å². The van der Waals surface area contributed by atoms with Gasteiger partial charge in [-0.2, -0.15) is 0 Å². The van der Waals surface area contributed by atoms with Gasteiger partial charge in [-0.25, -0.2) is 0 Å². The normalized spacial score (nSPS) is 14.7. The third kappa shape index (κ3) is 4.75. The van der Waals surface area contributed by atoms with Gasteiger partial charge in [0.25, 0.3) is 0 Å². The summed E-state index contributed by atoms with van der Waals surface area (Å²) in [5.41, 5.74) is 1.23. The lowest BCUT2D eigenvalue weighted by atomic mass is 10.2. The van der Waals surface area contributed by atoms with Gasteiger partial charge in [0, 0.05) is 6.54 Å². The fourth-order valence-corrected chi connectivity index (χ4v) is 1.94. The van der Waals surface area contributed by atoms with Gasteiger partial charge in [0.1, 0.15) is 0 Å². The zero-order chi connectivity index (χ0) is 13.7. The first-order chi connectivity index (χ1) is 9.19. The van der Waals surface area contributed by atoms with Crippen molar-refractivity contribution in [1.82, 2.24) is 5.32 Å². The predicted molar refractivity (Wildman–Crippen MR) is 77.8 cm³/mol. The van der Waals surface area contributed by atoms with Gasteiger partial charge in [-0.1, -0.05) is 19.9 Å². The summed E-state index contributed by atoms with van der Waals surface area (Å²) in [6, 6.07) is 6.20. The van der Waals surface area contributed by atoms with Crippen LogP contribution in [0.1, 0.15) is 32.3 Å². The Labute approximate surface area is 116 Å². The van der Waals surface area contributed by atoms with Crippen LogP contribution in [-0.4, -0.2) is 20.3 Å². The zero-order valence-corrected chi connectivity index (χ0v) is 12.2. The Hall–Kier alpha value is -1.22. The molecule has 0 saturated heterocycles. The van der Waals surface area contributed by atoms with Crippen LogP contribution in [0, 0.1) is 11.8 Å². The molecule has 0 bridgehead atoms. The first-order valence-corrected chi connectivity index (χ1v) is 7.19. The Morgan fingerprint density at radius 2 is 2.05 bits per heavy atom. The minimum absolute atomic E-state index is 0.669. The van der Waals surface area contributed by atoms with E-state index >= 15 is 0 Å². The van der Waals surface area contributed by atoms with Gasteiger partial charge in [0.15, 0.2) is 11.5 Å². The van der Waals surface area contributed by atoms with Crippen molar-refractivity contribution in [3.8, 4) is 11.5 Å². The molecule has 1 N–H and O–H groups in total. The van der Waals surface area contributed by atoms with Gasteiger partial charge in [0.05, 0.1) is 13.7 Å². The van der Waals surface area contributed by atoms with E-state index in [4.69, 9.17) is 9.47 Å². The quantitative estimate of drug-likeness (QED) is 0.781. The van der Waals surface area contributed by atoms with Crippen molar-refractivity contribution in [1.29, 1.82) is 0 Å². The second-order valence-corrected chi connectivity index (χ2v) is 5.76. The molecule has 0 amide bonds. The van der Waals surface area contributed by atoms with Crippen molar-refractivity contribution in [3.63, 3.8) is 0 Å². The highest BCUT2D eigenvalue weighted by Gasteiger charge is 2.22. The fraction of sp³-hybridized carbons (Fsp3) is 0.625. The Bertz CT molecular complexity index is 400. The number of ether oxygens (including phenoxy) is 2. The van der Waals surface area contributed by atoms with E-state index in [9.17, 15) is 0 Å². The molecule has 1 fully saturated rings. The maximum atomic E-state index is 5.80. The lowest BCUT2D eigenvalue weighted by Crippen LogP contribution is -2.18. The molecule has 0 atom stereocenters. The van der Waals surface area contributed by atoms with Crippen molar-refractivity contribution < 1.29 is 9.47 Å². The summed E-state index contributed by atoms with van der Waals surface area (Å²) in [5, 5.41) is 3.44. The minimum atomic E-state index is 0.669. The van der Waals surface area contributed by atoms with Crippen molar-refractivity contribution in [3.05, 3.63) is 23.8 Å². The molecular weight excluding hydrogens is 238 g/mol. The van der Waals surface area contributed by atoms with Crippen molar-refractivity contribution >= 4 is 0 Å². The maximum Gasteiger partial charge on any atom is 0.161 e. The number of methoxy groups -OCH3 is 1. The van der Waals surface area contributed by atoms with E-state index in [0.29, 0.717) is 5.92 Å². The van der Waals surface area contributed by atoms with Gasteiger partial charge in [0.2, 0.25) is 0 Å². The fourth-order valence-electron chi connectivity index (χ4n) is 1.94. The molecule has 1 aromatic carbocycles. The molecule has 0 unspecified atom stereocenters. The van der Waals surface area contributed by atoms with Crippen molar-refractivity contribution in [2.24, 2.45) is 11.8 Å². The molecule has 3 nitrogen and oxygen atoms in total. The van der Waals surface area contributed by atoms with E-state index in [1.54, 1.807) is 7.11 Å². The summed E-state index contributed by atoms with van der Waals surface area (Å²) < 4.78 is 11.2. The predicted octanol–water partition coefficient (Wildman–Crippen LogP) is 3.23. The maximum absolute atomic E-state index is 5.80. The van der Waals surface area contributed by atoms with Gasteiger partial charge in [-0.05, 0) is 48.9 Å². The van der Waals surface area contributed by atoms with Crippen molar-refractivity contribution in [2.45, 2.75) is 33.2 Å². The Morgan fingerprint density at radius 1 is 1.26 bits per heavy atom. The van der Waals surface area contributed by atoms with E-state index in [0.717, 1.165) is 37.1 Å². The summed E-state index contributed by atoms with van der Waals surface area (Å²) in [5.74, 6) is 3.13. The highest BCUT2D eigenvalue weighted by Crippen LogP contribution is 2.33. The second-order valence-electron chi connectivity index (χ2n) is 5.76. The third-order valence-electron chi connectivity index (χ3n) is 3.28. The lowest BCUT2D eigenvalue weighted by molar-refractivity contribution is 0.280. The van der Waals surface area contributed by atoms with Crippen LogP contribution in [-0.2, 0) is 6.54 Å². The summed E-state index contributed by atoms with van der Waals surface area (Å²) in [7, 11) is 1.70. The molecule has 1 saturated carbocycles. The van der Waals surface area contributed by atoms with Crippen molar-refractivity contribution in [2.75, 3.05) is 20.3 Å². The highest BCUT2D eigenvalue weighted by molar-refractivity contribution is 5.43. The van der Waals surface area contributed by atoms with E-state index in [1.807, 2.05) is 6.07 Å². The molecule has 0 aromatic heterocycles. The topological polar surface area (TPSA) is 30.5 Å². The average molecular weight is 263 g/mol. The highest BCUT2D eigenvalue weighted by atomic mass is 16.5. The minimum Gasteiger partial charge on any atom is -0.493 e. The number of benzene rings is 1. The molecule has 1 aliphatic rings. The Kier molecular flexibility index (Phi) is 5.08.